The Kier molecular flexibility index (Phi) is 4.81. The van der Waals surface area contributed by atoms with Crippen molar-refractivity contribution >= 4 is 17.3 Å². The van der Waals surface area contributed by atoms with E-state index in [1.807, 2.05) is 18.2 Å². The van der Waals surface area contributed by atoms with Crippen LogP contribution >= 0.6 is 0 Å². The van der Waals surface area contributed by atoms with Crippen LogP contribution in [0.4, 0.5) is 5.69 Å². The number of nitrogens with zero attached hydrogens (tertiary/aromatic N) is 4. The van der Waals surface area contributed by atoms with Crippen LogP contribution in [0.3, 0.4) is 0 Å². The summed E-state index contributed by atoms with van der Waals surface area (Å²) >= 11 is 0. The van der Waals surface area contributed by atoms with Gasteiger partial charge in [-0.3, -0.25) is 9.78 Å². The van der Waals surface area contributed by atoms with Crippen molar-refractivity contribution in [3.05, 3.63) is 80.9 Å². The third-order valence-corrected chi connectivity index (χ3v) is 5.77. The fraction of sp³-hybridized carbons (Fsp3) is 0.227. The molecule has 0 amide bonds. The summed E-state index contributed by atoms with van der Waals surface area (Å²) in [5.74, 6) is -0.0716. The Hall–Kier alpha value is -4.21. The molecule has 1 atom stereocenters. The minimum atomic E-state index is -0.566. The number of nitrogens with one attached hydrogen (secondary N) is 2. The van der Waals surface area contributed by atoms with Gasteiger partial charge in [0.2, 0.25) is 0 Å². The van der Waals surface area contributed by atoms with Gasteiger partial charge in [0.15, 0.2) is 5.65 Å². The normalized spacial score (nSPS) is 15.9. The molecule has 1 fully saturated rings. The van der Waals surface area contributed by atoms with E-state index in [1.54, 1.807) is 29.0 Å². The standard InChI is InChI=1S/C22H20N6O4/c1-32-21(30)14-4-2-13(3-5-14)15-6-8-27(12-15)18-10-17(26-28-9-7-23-19(18)28)16-11-24-22(31)25-20(16)29/h2-5,7,9-11,15H,6,8,12H2,1H3,(H2,24,25,29,31). The first kappa shape index (κ1) is 19.7. The van der Waals surface area contributed by atoms with E-state index < -0.39 is 11.2 Å². The number of fused-ring (bicyclic) bond motifs is 1. The Labute approximate surface area is 181 Å². The number of hydrogen-bond acceptors (Lipinski definition) is 7. The molecule has 5 rings (SSSR count). The number of aromatic nitrogens is 5. The zero-order valence-electron chi connectivity index (χ0n) is 17.2. The Morgan fingerprint density at radius 1 is 1.22 bits per heavy atom. The van der Waals surface area contributed by atoms with Crippen molar-refractivity contribution in [3.8, 4) is 11.3 Å². The monoisotopic (exact) mass is 432 g/mol. The molecule has 1 aliphatic rings. The molecule has 162 valence electrons. The van der Waals surface area contributed by atoms with Crippen LogP contribution in [-0.4, -0.2) is 50.7 Å². The van der Waals surface area contributed by atoms with Gasteiger partial charge in [-0.25, -0.2) is 19.1 Å². The Balaban J connectivity index is 1.47. The van der Waals surface area contributed by atoms with Gasteiger partial charge >= 0.3 is 11.7 Å². The fourth-order valence-corrected chi connectivity index (χ4v) is 4.12. The number of esters is 1. The maximum Gasteiger partial charge on any atom is 0.337 e. The van der Waals surface area contributed by atoms with Gasteiger partial charge in [-0.1, -0.05) is 12.1 Å². The van der Waals surface area contributed by atoms with E-state index in [0.717, 1.165) is 30.8 Å². The Morgan fingerprint density at radius 2 is 2.03 bits per heavy atom. The number of carbonyl (C=O) groups is 1. The second-order valence-corrected chi connectivity index (χ2v) is 7.64. The Morgan fingerprint density at radius 3 is 2.78 bits per heavy atom. The predicted molar refractivity (Wildman–Crippen MR) is 117 cm³/mol. The van der Waals surface area contributed by atoms with Crippen LogP contribution in [0.2, 0.25) is 0 Å². The zero-order valence-corrected chi connectivity index (χ0v) is 17.2. The van der Waals surface area contributed by atoms with Crippen LogP contribution in [0, 0.1) is 0 Å². The molecule has 4 heterocycles. The van der Waals surface area contributed by atoms with Crippen LogP contribution in [-0.2, 0) is 4.74 Å². The second-order valence-electron chi connectivity index (χ2n) is 7.64. The Bertz CT molecular complexity index is 1420. The van der Waals surface area contributed by atoms with Gasteiger partial charge in [0.25, 0.3) is 5.56 Å². The van der Waals surface area contributed by atoms with E-state index in [1.165, 1.54) is 13.3 Å². The van der Waals surface area contributed by atoms with Crippen molar-refractivity contribution in [2.24, 2.45) is 0 Å². The SMILES string of the molecule is COC(=O)c1ccc(C2CCN(c3cc(-c4c[nH]c(=O)[nH]c4=O)nn4ccnc34)C2)cc1. The second kappa shape index (κ2) is 7.80. The number of benzene rings is 1. The topological polar surface area (TPSA) is 125 Å². The zero-order chi connectivity index (χ0) is 22.2. The number of H-pyrrole nitrogens is 2. The first-order valence-electron chi connectivity index (χ1n) is 10.1. The number of rotatable bonds is 4. The molecule has 0 bridgehead atoms. The van der Waals surface area contributed by atoms with Crippen molar-refractivity contribution in [1.29, 1.82) is 0 Å². The number of anilines is 1. The first-order chi connectivity index (χ1) is 15.5. The van der Waals surface area contributed by atoms with Gasteiger partial charge in [-0.15, -0.1) is 0 Å². The smallest absolute Gasteiger partial charge is 0.337 e. The molecule has 0 saturated carbocycles. The van der Waals surface area contributed by atoms with E-state index in [-0.39, 0.29) is 17.5 Å². The van der Waals surface area contributed by atoms with E-state index in [4.69, 9.17) is 4.74 Å². The van der Waals surface area contributed by atoms with E-state index in [9.17, 15) is 14.4 Å². The number of methoxy groups -OCH3 is 1. The predicted octanol–water partition coefficient (Wildman–Crippen LogP) is 1.55. The molecule has 2 N–H and O–H groups in total. The van der Waals surface area contributed by atoms with Gasteiger partial charge in [-0.2, -0.15) is 5.10 Å². The van der Waals surface area contributed by atoms with Crippen LogP contribution in [0.25, 0.3) is 16.9 Å². The number of hydrogen-bond donors (Lipinski definition) is 2. The number of imidazole rings is 1. The van der Waals surface area contributed by atoms with E-state index in [0.29, 0.717) is 16.9 Å². The maximum atomic E-state index is 12.3. The number of ether oxygens (including phenoxy) is 1. The molecule has 10 nitrogen and oxygen atoms in total. The summed E-state index contributed by atoms with van der Waals surface area (Å²) in [5, 5.41) is 4.48. The highest BCUT2D eigenvalue weighted by atomic mass is 16.5. The highest BCUT2D eigenvalue weighted by molar-refractivity contribution is 5.89. The molecular formula is C22H20N6O4. The molecule has 10 heteroatoms. The van der Waals surface area contributed by atoms with E-state index in [2.05, 4.69) is 25.0 Å². The molecule has 3 aromatic heterocycles. The number of aromatic amines is 2. The molecule has 0 radical (unpaired) electrons. The highest BCUT2D eigenvalue weighted by Gasteiger charge is 2.27. The van der Waals surface area contributed by atoms with Crippen LogP contribution in [0.1, 0.15) is 28.3 Å². The van der Waals surface area contributed by atoms with Crippen molar-refractivity contribution in [3.63, 3.8) is 0 Å². The summed E-state index contributed by atoms with van der Waals surface area (Å²) in [7, 11) is 1.37. The summed E-state index contributed by atoms with van der Waals surface area (Å²) in [6.45, 7) is 1.56. The first-order valence-corrected chi connectivity index (χ1v) is 10.1. The van der Waals surface area contributed by atoms with Crippen LogP contribution < -0.4 is 16.1 Å². The van der Waals surface area contributed by atoms with Gasteiger partial charge in [0.1, 0.15) is 5.69 Å². The quantitative estimate of drug-likeness (QED) is 0.469. The molecule has 1 unspecified atom stereocenters. The average molecular weight is 432 g/mol. The summed E-state index contributed by atoms with van der Waals surface area (Å²) in [4.78, 5) is 46.7. The third-order valence-electron chi connectivity index (χ3n) is 5.77. The summed E-state index contributed by atoms with van der Waals surface area (Å²) < 4.78 is 6.40. The molecule has 1 aromatic carbocycles. The van der Waals surface area contributed by atoms with Gasteiger partial charge in [0, 0.05) is 37.6 Å². The lowest BCUT2D eigenvalue weighted by molar-refractivity contribution is 0.0600. The van der Waals surface area contributed by atoms with Crippen LogP contribution in [0.5, 0.6) is 0 Å². The molecular weight excluding hydrogens is 412 g/mol. The molecule has 1 aliphatic heterocycles. The van der Waals surface area contributed by atoms with Crippen molar-refractivity contribution in [2.45, 2.75) is 12.3 Å². The molecule has 32 heavy (non-hydrogen) atoms. The average Bonchev–Trinajstić information content (AvgIpc) is 3.48. The summed E-state index contributed by atoms with van der Waals surface area (Å²) in [6, 6.07) is 9.31. The van der Waals surface area contributed by atoms with Crippen molar-refractivity contribution in [2.75, 3.05) is 25.1 Å². The van der Waals surface area contributed by atoms with E-state index >= 15 is 0 Å². The molecule has 0 aliphatic carbocycles. The third kappa shape index (κ3) is 3.45. The highest BCUT2D eigenvalue weighted by Crippen LogP contribution is 2.33. The lowest BCUT2D eigenvalue weighted by Gasteiger charge is -2.20. The van der Waals surface area contributed by atoms with Gasteiger partial charge < -0.3 is 14.6 Å². The minimum absolute atomic E-state index is 0.274. The number of carbonyl (C=O) groups excluding carboxylic acids is 1. The summed E-state index contributed by atoms with van der Waals surface area (Å²) in [6.07, 6.45) is 5.68. The van der Waals surface area contributed by atoms with Crippen LogP contribution in [0.15, 0.2) is 58.5 Å². The minimum Gasteiger partial charge on any atom is -0.465 e. The maximum absolute atomic E-state index is 12.3. The molecule has 1 saturated heterocycles. The largest absolute Gasteiger partial charge is 0.465 e. The van der Waals surface area contributed by atoms with Crippen molar-refractivity contribution < 1.29 is 9.53 Å². The van der Waals surface area contributed by atoms with Gasteiger partial charge in [-0.05, 0) is 30.2 Å². The van der Waals surface area contributed by atoms with Gasteiger partial charge in [0.05, 0.1) is 23.9 Å². The summed E-state index contributed by atoms with van der Waals surface area (Å²) in [5.41, 5.74) is 2.86. The lowest BCUT2D eigenvalue weighted by Crippen LogP contribution is -2.24. The lowest BCUT2D eigenvalue weighted by atomic mass is 9.97. The fourth-order valence-electron chi connectivity index (χ4n) is 4.12. The molecule has 4 aromatic rings. The van der Waals surface area contributed by atoms with Crippen molar-refractivity contribution in [1.82, 2.24) is 24.6 Å². The molecule has 0 spiro atoms.